The zero-order valence-corrected chi connectivity index (χ0v) is 14.7. The molecule has 0 saturated heterocycles. The van der Waals surface area contributed by atoms with Crippen molar-refractivity contribution in [2.24, 2.45) is 4.99 Å². The quantitative estimate of drug-likeness (QED) is 0.300. The number of rotatable bonds is 8. The lowest BCUT2D eigenvalue weighted by Gasteiger charge is -2.18. The Kier molecular flexibility index (Phi) is 8.93. The third kappa shape index (κ3) is 8.50. The van der Waals surface area contributed by atoms with Gasteiger partial charge in [0.25, 0.3) is 0 Å². The van der Waals surface area contributed by atoms with Crippen molar-refractivity contribution in [3.8, 4) is 0 Å². The molecule has 0 spiro atoms. The summed E-state index contributed by atoms with van der Waals surface area (Å²) in [6, 6.07) is -0.155. The van der Waals surface area contributed by atoms with Gasteiger partial charge in [0.05, 0.1) is 17.6 Å². The van der Waals surface area contributed by atoms with Crippen LogP contribution in [-0.4, -0.2) is 51.3 Å². The molecular formula is C16H28N2O2S. The summed E-state index contributed by atoms with van der Waals surface area (Å²) in [4.78, 5) is 6.69. The van der Waals surface area contributed by atoms with Crippen LogP contribution in [0.25, 0.3) is 0 Å². The van der Waals surface area contributed by atoms with Gasteiger partial charge in [-0.05, 0) is 12.0 Å². The summed E-state index contributed by atoms with van der Waals surface area (Å²) in [6.45, 7) is 7.95. The third-order valence-electron chi connectivity index (χ3n) is 2.83. The van der Waals surface area contributed by atoms with E-state index >= 15 is 0 Å². The molecule has 0 radical (unpaired) electrons. The van der Waals surface area contributed by atoms with E-state index in [-0.39, 0.29) is 11.8 Å². The Labute approximate surface area is 129 Å². The van der Waals surface area contributed by atoms with E-state index in [1.165, 1.54) is 6.26 Å². The number of hydrogen-bond acceptors (Lipinski definition) is 3. The first-order chi connectivity index (χ1) is 9.75. The Balaban J connectivity index is 5.33. The van der Waals surface area contributed by atoms with Crippen LogP contribution in [0, 0.1) is 0 Å². The summed E-state index contributed by atoms with van der Waals surface area (Å²) in [6.07, 6.45) is 10.3. The highest BCUT2D eigenvalue weighted by atomic mass is 32.2. The van der Waals surface area contributed by atoms with Crippen molar-refractivity contribution in [2.75, 3.05) is 26.1 Å². The Hall–Kier alpha value is -1.36. The van der Waals surface area contributed by atoms with Gasteiger partial charge in [-0.25, -0.2) is 8.42 Å². The molecule has 1 unspecified atom stereocenters. The number of aliphatic imine (C=N–C) groups is 1. The minimum Gasteiger partial charge on any atom is -0.366 e. The Morgan fingerprint density at radius 2 is 1.95 bits per heavy atom. The molecule has 0 N–H and O–H groups in total. The predicted molar refractivity (Wildman–Crippen MR) is 92.6 cm³/mol. The van der Waals surface area contributed by atoms with Crippen LogP contribution in [0.3, 0.4) is 0 Å². The summed E-state index contributed by atoms with van der Waals surface area (Å²) in [5.41, 5.74) is 0.976. The fourth-order valence-corrected chi connectivity index (χ4v) is 2.27. The zero-order valence-electron chi connectivity index (χ0n) is 13.8. The average molecular weight is 312 g/mol. The predicted octanol–water partition coefficient (Wildman–Crippen LogP) is 2.85. The molecule has 0 aliphatic rings. The van der Waals surface area contributed by atoms with Crippen molar-refractivity contribution < 1.29 is 8.42 Å². The molecule has 0 saturated carbocycles. The van der Waals surface area contributed by atoms with Crippen molar-refractivity contribution in [3.05, 3.63) is 36.5 Å². The molecule has 0 aromatic heterocycles. The largest absolute Gasteiger partial charge is 0.366 e. The Morgan fingerprint density at radius 1 is 1.33 bits per heavy atom. The molecule has 0 rings (SSSR count). The second-order valence-corrected chi connectivity index (χ2v) is 7.27. The molecular weight excluding hydrogens is 284 g/mol. The summed E-state index contributed by atoms with van der Waals surface area (Å²) in [5.74, 6) is 1.02. The molecule has 4 nitrogen and oxygen atoms in total. The maximum absolute atomic E-state index is 11.2. The Bertz CT molecular complexity index is 514. The SMILES string of the molecule is C=CC(N=C(CC)N(C)C)C(/C=C\CS(C)(=O)=O)=C/CC. The van der Waals surface area contributed by atoms with Crippen molar-refractivity contribution in [1.29, 1.82) is 0 Å². The number of hydrogen-bond donors (Lipinski definition) is 0. The monoisotopic (exact) mass is 312 g/mol. The first-order valence-electron chi connectivity index (χ1n) is 7.16. The lowest BCUT2D eigenvalue weighted by molar-refractivity contribution is 0.600. The summed E-state index contributed by atoms with van der Waals surface area (Å²) < 4.78 is 22.4. The van der Waals surface area contributed by atoms with Crippen LogP contribution in [0.4, 0.5) is 0 Å². The van der Waals surface area contributed by atoms with E-state index in [4.69, 9.17) is 4.99 Å². The van der Waals surface area contributed by atoms with Crippen molar-refractivity contribution in [1.82, 2.24) is 4.90 Å². The molecule has 0 aromatic carbocycles. The molecule has 0 heterocycles. The molecule has 120 valence electrons. The fourth-order valence-electron chi connectivity index (χ4n) is 1.83. The molecule has 1 atom stereocenters. The van der Waals surface area contributed by atoms with Crippen LogP contribution >= 0.6 is 0 Å². The molecule has 0 amide bonds. The van der Waals surface area contributed by atoms with Gasteiger partial charge in [0.15, 0.2) is 9.84 Å². The molecule has 0 bridgehead atoms. The minimum absolute atomic E-state index is 0.0376. The van der Waals surface area contributed by atoms with E-state index in [1.807, 2.05) is 32.0 Å². The summed E-state index contributed by atoms with van der Waals surface area (Å²) in [7, 11) is 0.935. The van der Waals surface area contributed by atoms with Gasteiger partial charge in [-0.1, -0.05) is 38.2 Å². The molecule has 0 fully saturated rings. The normalized spacial score (nSPS) is 15.3. The lowest BCUT2D eigenvalue weighted by atomic mass is 10.1. The van der Waals surface area contributed by atoms with Gasteiger partial charge >= 0.3 is 0 Å². The smallest absolute Gasteiger partial charge is 0.151 e. The molecule has 5 heteroatoms. The molecule has 0 aliphatic heterocycles. The van der Waals surface area contributed by atoms with E-state index in [0.29, 0.717) is 0 Å². The average Bonchev–Trinajstić information content (AvgIpc) is 2.37. The van der Waals surface area contributed by atoms with E-state index in [2.05, 4.69) is 19.6 Å². The fraction of sp³-hybridized carbons (Fsp3) is 0.562. The van der Waals surface area contributed by atoms with Gasteiger partial charge in [0.1, 0.15) is 0 Å². The minimum atomic E-state index is -2.99. The number of allylic oxidation sites excluding steroid dienone is 1. The van der Waals surface area contributed by atoms with Crippen molar-refractivity contribution in [3.63, 3.8) is 0 Å². The van der Waals surface area contributed by atoms with Crippen LogP contribution in [0.5, 0.6) is 0 Å². The number of amidine groups is 1. The van der Waals surface area contributed by atoms with Crippen LogP contribution < -0.4 is 0 Å². The van der Waals surface area contributed by atoms with E-state index < -0.39 is 9.84 Å². The van der Waals surface area contributed by atoms with Gasteiger partial charge in [-0.2, -0.15) is 0 Å². The Morgan fingerprint density at radius 3 is 2.33 bits per heavy atom. The summed E-state index contributed by atoms with van der Waals surface area (Å²) >= 11 is 0. The lowest BCUT2D eigenvalue weighted by Crippen LogP contribution is -2.23. The molecule has 0 aliphatic carbocycles. The zero-order chi connectivity index (χ0) is 16.5. The summed E-state index contributed by atoms with van der Waals surface area (Å²) in [5, 5.41) is 0. The maximum atomic E-state index is 11.2. The van der Waals surface area contributed by atoms with Crippen LogP contribution in [0.15, 0.2) is 41.4 Å². The van der Waals surface area contributed by atoms with Crippen molar-refractivity contribution in [2.45, 2.75) is 32.7 Å². The van der Waals surface area contributed by atoms with Gasteiger partial charge in [-0.3, -0.25) is 4.99 Å². The first-order valence-corrected chi connectivity index (χ1v) is 9.22. The van der Waals surface area contributed by atoms with Gasteiger partial charge in [0.2, 0.25) is 0 Å². The van der Waals surface area contributed by atoms with Gasteiger partial charge in [-0.15, -0.1) is 6.58 Å². The van der Waals surface area contributed by atoms with Crippen molar-refractivity contribution >= 4 is 15.7 Å². The van der Waals surface area contributed by atoms with E-state index in [9.17, 15) is 8.42 Å². The first kappa shape index (κ1) is 19.6. The van der Waals surface area contributed by atoms with E-state index in [0.717, 1.165) is 24.3 Å². The second-order valence-electron chi connectivity index (χ2n) is 5.08. The molecule has 0 aromatic rings. The van der Waals surface area contributed by atoms with Gasteiger partial charge in [0, 0.05) is 26.8 Å². The highest BCUT2D eigenvalue weighted by molar-refractivity contribution is 7.90. The van der Waals surface area contributed by atoms with Crippen LogP contribution in [0.2, 0.25) is 0 Å². The molecule has 21 heavy (non-hydrogen) atoms. The maximum Gasteiger partial charge on any atom is 0.151 e. The van der Waals surface area contributed by atoms with E-state index in [1.54, 1.807) is 12.2 Å². The number of nitrogens with zero attached hydrogens (tertiary/aromatic N) is 2. The number of sulfone groups is 1. The third-order valence-corrected chi connectivity index (χ3v) is 3.63. The topological polar surface area (TPSA) is 49.7 Å². The second kappa shape index (κ2) is 9.55. The standard InChI is InChI=1S/C16H28N2O2S/c1-7-11-14(12-10-13-21(6,19)20)15(8-2)17-16(9-3)18(4)5/h8,10-12,15H,2,7,9,13H2,1,3-6H3/b12-10-,14-11+,17-16?. The van der Waals surface area contributed by atoms with Gasteiger partial charge < -0.3 is 4.90 Å². The highest BCUT2D eigenvalue weighted by Gasteiger charge is 2.09. The highest BCUT2D eigenvalue weighted by Crippen LogP contribution is 2.13. The van der Waals surface area contributed by atoms with Crippen LogP contribution in [-0.2, 0) is 9.84 Å². The van der Waals surface area contributed by atoms with Crippen LogP contribution in [0.1, 0.15) is 26.7 Å².